The minimum atomic E-state index is -1.83. The van der Waals surface area contributed by atoms with Gasteiger partial charge in [-0.15, -0.1) is 0 Å². The van der Waals surface area contributed by atoms with E-state index in [2.05, 4.69) is 10.6 Å². The van der Waals surface area contributed by atoms with Crippen molar-refractivity contribution in [2.45, 2.75) is 68.8 Å². The van der Waals surface area contributed by atoms with Gasteiger partial charge in [-0.3, -0.25) is 9.59 Å². The van der Waals surface area contributed by atoms with Crippen LogP contribution < -0.4 is 10.6 Å². The molecule has 0 aliphatic carbocycles. The van der Waals surface area contributed by atoms with Crippen molar-refractivity contribution in [3.8, 4) is 0 Å². The Kier molecular flexibility index (Phi) is 10.3. The van der Waals surface area contributed by atoms with Crippen LogP contribution in [0.5, 0.6) is 0 Å². The summed E-state index contributed by atoms with van der Waals surface area (Å²) in [6, 6.07) is -2.63. The highest BCUT2D eigenvalue weighted by molar-refractivity contribution is 5.73. The smallest absolute Gasteiger partial charge is 0.217 e. The van der Waals surface area contributed by atoms with E-state index in [0.717, 1.165) is 13.8 Å². The van der Waals surface area contributed by atoms with E-state index >= 15 is 0 Å². The Balaban J connectivity index is 3.21. The molecule has 13 heteroatoms. The van der Waals surface area contributed by atoms with Crippen LogP contribution in [0.1, 0.15) is 13.8 Å². The molecule has 0 radical (unpaired) electrons. The quantitative estimate of drug-likeness (QED) is 0.160. The van der Waals surface area contributed by atoms with E-state index < -0.39 is 86.6 Å². The van der Waals surface area contributed by atoms with Crippen LogP contribution in [0.15, 0.2) is 0 Å². The Morgan fingerprint density at radius 1 is 1.03 bits per heavy atom. The first-order chi connectivity index (χ1) is 13.6. The van der Waals surface area contributed by atoms with Crippen LogP contribution in [0.2, 0.25) is 0 Å². The fourth-order valence-corrected chi connectivity index (χ4v) is 2.97. The number of amides is 2. The predicted octanol–water partition coefficient (Wildman–Crippen LogP) is -5.47. The fourth-order valence-electron chi connectivity index (χ4n) is 2.97. The molecule has 1 fully saturated rings. The van der Waals surface area contributed by atoms with Crippen LogP contribution in [-0.4, -0.2) is 122 Å². The van der Waals surface area contributed by atoms with Gasteiger partial charge in [0.1, 0.15) is 42.7 Å². The number of hydrogen-bond donors (Lipinski definition) is 9. The van der Waals surface area contributed by atoms with E-state index in [0.29, 0.717) is 0 Å². The lowest BCUT2D eigenvalue weighted by atomic mass is 9.96. The van der Waals surface area contributed by atoms with Crippen molar-refractivity contribution in [2.75, 3.05) is 19.8 Å². The molecule has 0 bridgehead atoms. The molecule has 0 spiro atoms. The van der Waals surface area contributed by atoms with Crippen LogP contribution in [0, 0.1) is 0 Å². The van der Waals surface area contributed by atoms with Crippen LogP contribution >= 0.6 is 0 Å². The molecule has 13 nitrogen and oxygen atoms in total. The van der Waals surface area contributed by atoms with E-state index in [1.54, 1.807) is 0 Å². The summed E-state index contributed by atoms with van der Waals surface area (Å²) in [5.41, 5.74) is 0. The van der Waals surface area contributed by atoms with Crippen LogP contribution in [0.4, 0.5) is 0 Å². The molecule has 0 unspecified atom stereocenters. The molecule has 1 saturated heterocycles. The molecule has 0 saturated carbocycles. The number of nitrogens with one attached hydrogen (secondary N) is 2. The molecule has 0 aromatic rings. The van der Waals surface area contributed by atoms with Gasteiger partial charge >= 0.3 is 0 Å². The van der Waals surface area contributed by atoms with E-state index in [1.165, 1.54) is 0 Å². The van der Waals surface area contributed by atoms with Gasteiger partial charge in [0.15, 0.2) is 6.29 Å². The van der Waals surface area contributed by atoms with E-state index in [9.17, 15) is 40.2 Å². The van der Waals surface area contributed by atoms with Crippen molar-refractivity contribution in [1.82, 2.24) is 10.6 Å². The number of aliphatic hydroxyl groups excluding tert-OH is 7. The monoisotopic (exact) mass is 426 g/mol. The maximum absolute atomic E-state index is 11.5. The number of aliphatic hydroxyl groups is 7. The first-order valence-corrected chi connectivity index (χ1v) is 8.97. The molecule has 29 heavy (non-hydrogen) atoms. The number of carbonyl (C=O) groups excluding carboxylic acids is 2. The topological polar surface area (TPSA) is 218 Å². The molecule has 9 N–H and O–H groups in total. The lowest BCUT2D eigenvalue weighted by Gasteiger charge is -2.44. The predicted molar refractivity (Wildman–Crippen MR) is 94.0 cm³/mol. The second-order valence-corrected chi connectivity index (χ2v) is 6.76. The van der Waals surface area contributed by atoms with Gasteiger partial charge in [0, 0.05) is 13.8 Å². The van der Waals surface area contributed by atoms with Gasteiger partial charge in [-0.1, -0.05) is 0 Å². The van der Waals surface area contributed by atoms with Crippen molar-refractivity contribution < 1.29 is 54.8 Å². The van der Waals surface area contributed by atoms with Gasteiger partial charge in [-0.2, -0.15) is 0 Å². The summed E-state index contributed by atoms with van der Waals surface area (Å²) in [6.07, 6.45) is -11.2. The molecule has 9 atom stereocenters. The highest BCUT2D eigenvalue weighted by atomic mass is 16.7. The van der Waals surface area contributed by atoms with Crippen molar-refractivity contribution in [2.24, 2.45) is 0 Å². The lowest BCUT2D eigenvalue weighted by Crippen LogP contribution is -2.66. The third-order valence-corrected chi connectivity index (χ3v) is 4.44. The van der Waals surface area contributed by atoms with Gasteiger partial charge < -0.3 is 55.9 Å². The Morgan fingerprint density at radius 2 is 1.66 bits per heavy atom. The number of carbonyl (C=O) groups is 2. The van der Waals surface area contributed by atoms with Crippen molar-refractivity contribution in [3.63, 3.8) is 0 Å². The third-order valence-electron chi connectivity index (χ3n) is 4.44. The highest BCUT2D eigenvalue weighted by Crippen LogP contribution is 2.25. The molecule has 0 aromatic carbocycles. The number of hydrogen-bond acceptors (Lipinski definition) is 11. The van der Waals surface area contributed by atoms with E-state index in [4.69, 9.17) is 14.6 Å². The standard InChI is InChI=1S/C16H30N2O11/c1-6(22)17-8(3-19)15(12(25)9(24)4-20)29-16-11(18-7(2)23)14(27)13(26)10(5-21)28-16/h8-16,19-21,24-27H,3-5H2,1-2H3,(H,17,22)(H,18,23)/t8-,9+,10+,11+,12-,13-,14+,15+,16+/m0/s1. The molecule has 0 aromatic heterocycles. The highest BCUT2D eigenvalue weighted by Gasteiger charge is 2.48. The summed E-state index contributed by atoms with van der Waals surface area (Å²) in [6.45, 7) is -0.0732. The first kappa shape index (κ1) is 25.6. The van der Waals surface area contributed by atoms with Gasteiger partial charge in [0.05, 0.1) is 25.9 Å². The zero-order chi connectivity index (χ0) is 22.3. The van der Waals surface area contributed by atoms with Crippen LogP contribution in [0.3, 0.4) is 0 Å². The molecular weight excluding hydrogens is 396 g/mol. The first-order valence-electron chi connectivity index (χ1n) is 8.97. The van der Waals surface area contributed by atoms with Crippen molar-refractivity contribution in [3.05, 3.63) is 0 Å². The summed E-state index contributed by atoms with van der Waals surface area (Å²) in [7, 11) is 0. The molecular formula is C16H30N2O11. The summed E-state index contributed by atoms with van der Waals surface area (Å²) < 4.78 is 11.0. The second-order valence-electron chi connectivity index (χ2n) is 6.76. The van der Waals surface area contributed by atoms with E-state index in [1.807, 2.05) is 0 Å². The number of ether oxygens (including phenoxy) is 2. The molecule has 1 rings (SSSR count). The second kappa shape index (κ2) is 11.7. The molecule has 1 aliphatic heterocycles. The Bertz CT molecular complexity index is 537. The fraction of sp³-hybridized carbons (Fsp3) is 0.875. The SMILES string of the molecule is CC(=O)N[C@H]1[C@@H](O[C@@H]([C@@H](O)[C@H](O)CO)[C@H](CO)NC(C)=O)O[C@H](CO)[C@H](O)[C@@H]1O. The maximum Gasteiger partial charge on any atom is 0.217 e. The number of rotatable bonds is 10. The average molecular weight is 426 g/mol. The van der Waals surface area contributed by atoms with Crippen LogP contribution in [-0.2, 0) is 19.1 Å². The zero-order valence-electron chi connectivity index (χ0n) is 16.1. The third kappa shape index (κ3) is 6.80. The Morgan fingerprint density at radius 3 is 2.10 bits per heavy atom. The average Bonchev–Trinajstić information content (AvgIpc) is 2.67. The largest absolute Gasteiger partial charge is 0.394 e. The van der Waals surface area contributed by atoms with Gasteiger partial charge in [-0.25, -0.2) is 0 Å². The zero-order valence-corrected chi connectivity index (χ0v) is 16.1. The van der Waals surface area contributed by atoms with Crippen molar-refractivity contribution >= 4 is 11.8 Å². The van der Waals surface area contributed by atoms with Crippen molar-refractivity contribution in [1.29, 1.82) is 0 Å². The van der Waals surface area contributed by atoms with E-state index in [-0.39, 0.29) is 0 Å². The molecule has 2 amide bonds. The molecule has 170 valence electrons. The Labute approximate surface area is 166 Å². The van der Waals surface area contributed by atoms with Gasteiger partial charge in [-0.05, 0) is 0 Å². The Hall–Kier alpha value is -1.42. The summed E-state index contributed by atoms with van der Waals surface area (Å²) in [5, 5.41) is 73.1. The summed E-state index contributed by atoms with van der Waals surface area (Å²) in [5.74, 6) is -1.22. The summed E-state index contributed by atoms with van der Waals surface area (Å²) in [4.78, 5) is 22.9. The minimum Gasteiger partial charge on any atom is -0.394 e. The maximum atomic E-state index is 11.5. The lowest BCUT2D eigenvalue weighted by molar-refractivity contribution is -0.295. The molecule has 1 heterocycles. The van der Waals surface area contributed by atoms with Gasteiger partial charge in [0.25, 0.3) is 0 Å². The van der Waals surface area contributed by atoms with Gasteiger partial charge in [0.2, 0.25) is 11.8 Å². The molecule has 1 aliphatic rings. The van der Waals surface area contributed by atoms with Crippen LogP contribution in [0.25, 0.3) is 0 Å². The summed E-state index contributed by atoms with van der Waals surface area (Å²) >= 11 is 0. The normalized spacial score (nSPS) is 31.4. The minimum absolute atomic E-state index is 0.602.